The molecule has 0 N–H and O–H groups in total. The Balaban J connectivity index is 1.49. The van der Waals surface area contributed by atoms with Crippen molar-refractivity contribution in [2.45, 2.75) is 37.8 Å². The van der Waals surface area contributed by atoms with E-state index in [1.807, 2.05) is 24.3 Å². The first-order valence-electron chi connectivity index (χ1n) is 8.18. The van der Waals surface area contributed by atoms with Crippen molar-refractivity contribution in [1.82, 2.24) is 14.7 Å². The fourth-order valence-corrected chi connectivity index (χ4v) is 4.61. The molecule has 1 fully saturated rings. The Labute approximate surface area is 139 Å². The van der Waals surface area contributed by atoms with Gasteiger partial charge in [-0.25, -0.2) is 0 Å². The number of ether oxygens (including phenoxy) is 1. The summed E-state index contributed by atoms with van der Waals surface area (Å²) in [7, 11) is 1.92. The highest BCUT2D eigenvalue weighted by atomic mass is 32.1. The van der Waals surface area contributed by atoms with Crippen LogP contribution in [0.1, 0.15) is 47.4 Å². The van der Waals surface area contributed by atoms with Gasteiger partial charge < -0.3 is 9.64 Å². The van der Waals surface area contributed by atoms with Crippen LogP contribution in [0.3, 0.4) is 0 Å². The summed E-state index contributed by atoms with van der Waals surface area (Å²) in [6.07, 6.45) is 7.31. The third-order valence-electron chi connectivity index (χ3n) is 4.82. The Bertz CT molecular complexity index is 708. The summed E-state index contributed by atoms with van der Waals surface area (Å²) < 4.78 is 7.68. The third-order valence-corrected chi connectivity index (χ3v) is 5.81. The van der Waals surface area contributed by atoms with Crippen LogP contribution in [-0.4, -0.2) is 33.7 Å². The minimum absolute atomic E-state index is 0.0763. The maximum Gasteiger partial charge on any atom is 0.226 e. The molecule has 1 saturated heterocycles. The van der Waals surface area contributed by atoms with Gasteiger partial charge in [0.15, 0.2) is 0 Å². The second-order valence-corrected chi connectivity index (χ2v) is 7.31. The van der Waals surface area contributed by atoms with Crippen LogP contribution < -0.4 is 0 Å². The van der Waals surface area contributed by atoms with Crippen LogP contribution in [0.2, 0.25) is 0 Å². The molecule has 2 aliphatic heterocycles. The van der Waals surface area contributed by atoms with E-state index >= 15 is 0 Å². The molecule has 1 amide bonds. The third kappa shape index (κ3) is 2.81. The Morgan fingerprint density at radius 3 is 3.26 bits per heavy atom. The number of rotatable bonds is 3. The Morgan fingerprint density at radius 2 is 2.43 bits per heavy atom. The molecule has 23 heavy (non-hydrogen) atoms. The molecule has 0 spiro atoms. The number of carbonyl (C=O) groups is 1. The van der Waals surface area contributed by atoms with Gasteiger partial charge in [0.2, 0.25) is 5.91 Å². The van der Waals surface area contributed by atoms with Crippen molar-refractivity contribution in [3.05, 3.63) is 39.8 Å². The zero-order valence-corrected chi connectivity index (χ0v) is 14.1. The zero-order chi connectivity index (χ0) is 15.8. The number of hydrogen-bond donors (Lipinski definition) is 0. The molecule has 4 heterocycles. The molecule has 0 aliphatic carbocycles. The van der Waals surface area contributed by atoms with Crippen LogP contribution in [0.5, 0.6) is 0 Å². The van der Waals surface area contributed by atoms with E-state index in [9.17, 15) is 4.79 Å². The monoisotopic (exact) mass is 331 g/mol. The molecule has 0 unspecified atom stereocenters. The lowest BCUT2D eigenvalue weighted by molar-refractivity contribution is -0.135. The van der Waals surface area contributed by atoms with Crippen molar-refractivity contribution in [3.63, 3.8) is 0 Å². The fourth-order valence-electron chi connectivity index (χ4n) is 3.69. The van der Waals surface area contributed by atoms with E-state index in [2.05, 4.69) is 16.5 Å². The number of nitrogens with zero attached hydrogens (tertiary/aromatic N) is 3. The first-order chi connectivity index (χ1) is 11.2. The number of aryl methyl sites for hydroxylation is 1. The van der Waals surface area contributed by atoms with Crippen LogP contribution in [0.4, 0.5) is 0 Å². The molecule has 2 aliphatic rings. The summed E-state index contributed by atoms with van der Waals surface area (Å²) >= 11 is 1.77. The second-order valence-electron chi connectivity index (χ2n) is 6.31. The van der Waals surface area contributed by atoms with Crippen molar-refractivity contribution in [2.75, 3.05) is 13.2 Å². The molecule has 0 saturated carbocycles. The average Bonchev–Trinajstić information content (AvgIpc) is 3.26. The van der Waals surface area contributed by atoms with Crippen molar-refractivity contribution in [1.29, 1.82) is 0 Å². The number of amides is 1. The summed E-state index contributed by atoms with van der Waals surface area (Å²) in [5.74, 6) is 0.195. The van der Waals surface area contributed by atoms with Gasteiger partial charge in [-0.2, -0.15) is 5.10 Å². The zero-order valence-electron chi connectivity index (χ0n) is 13.3. The van der Waals surface area contributed by atoms with Crippen molar-refractivity contribution >= 4 is 17.2 Å². The molecule has 4 rings (SSSR count). The highest BCUT2D eigenvalue weighted by molar-refractivity contribution is 7.10. The van der Waals surface area contributed by atoms with E-state index < -0.39 is 0 Å². The fraction of sp³-hybridized carbons (Fsp3) is 0.529. The lowest BCUT2D eigenvalue weighted by Gasteiger charge is -2.28. The number of fused-ring (bicyclic) bond motifs is 1. The Hall–Kier alpha value is -1.66. The van der Waals surface area contributed by atoms with Crippen molar-refractivity contribution < 1.29 is 9.53 Å². The van der Waals surface area contributed by atoms with Crippen molar-refractivity contribution in [3.8, 4) is 0 Å². The Morgan fingerprint density at radius 1 is 1.52 bits per heavy atom. The van der Waals surface area contributed by atoms with E-state index in [1.165, 1.54) is 10.4 Å². The molecule has 2 aromatic rings. The van der Waals surface area contributed by atoms with Crippen LogP contribution in [-0.2, 0) is 23.0 Å². The van der Waals surface area contributed by atoms with Gasteiger partial charge in [0.05, 0.1) is 31.4 Å². The van der Waals surface area contributed by atoms with Crippen molar-refractivity contribution in [2.24, 2.45) is 7.05 Å². The summed E-state index contributed by atoms with van der Waals surface area (Å²) in [5.41, 5.74) is 2.35. The first kappa shape index (κ1) is 14.9. The van der Waals surface area contributed by atoms with Crippen LogP contribution in [0.25, 0.3) is 0 Å². The van der Waals surface area contributed by atoms with Gasteiger partial charge in [-0.3, -0.25) is 9.48 Å². The molecule has 5 nitrogen and oxygen atoms in total. The summed E-state index contributed by atoms with van der Waals surface area (Å²) in [4.78, 5) is 16.2. The topological polar surface area (TPSA) is 47.4 Å². The maximum absolute atomic E-state index is 12.9. The number of aromatic nitrogens is 2. The average molecular weight is 331 g/mol. The van der Waals surface area contributed by atoms with E-state index in [0.29, 0.717) is 6.42 Å². The maximum atomic E-state index is 12.9. The van der Waals surface area contributed by atoms with Gasteiger partial charge in [0.1, 0.15) is 0 Å². The highest BCUT2D eigenvalue weighted by Crippen LogP contribution is 2.36. The predicted octanol–water partition coefficient (Wildman–Crippen LogP) is 2.85. The lowest BCUT2D eigenvalue weighted by Crippen LogP contribution is -2.32. The van der Waals surface area contributed by atoms with E-state index in [4.69, 9.17) is 4.74 Å². The van der Waals surface area contributed by atoms with E-state index in [0.717, 1.165) is 38.0 Å². The van der Waals surface area contributed by atoms with Crippen LogP contribution >= 0.6 is 11.3 Å². The van der Waals surface area contributed by atoms with Gasteiger partial charge in [-0.05, 0) is 29.9 Å². The molecule has 0 radical (unpaired) electrons. The number of carbonyl (C=O) groups excluding carboxylic acids is 1. The smallest absolute Gasteiger partial charge is 0.226 e. The molecule has 0 bridgehead atoms. The minimum Gasteiger partial charge on any atom is -0.373 e. The Kier molecular flexibility index (Phi) is 3.95. The summed E-state index contributed by atoms with van der Waals surface area (Å²) in [6.45, 7) is 1.55. The van der Waals surface area contributed by atoms with Gasteiger partial charge in [-0.15, -0.1) is 11.3 Å². The number of thiophene rings is 1. The lowest BCUT2D eigenvalue weighted by atomic mass is 10.0. The van der Waals surface area contributed by atoms with Crippen LogP contribution in [0, 0.1) is 0 Å². The standard InChI is InChI=1S/C17H21N3O2S/c1-19-11-12(10-18-19)14-3-2-6-20(14)17(21)9-15-13-5-8-23-16(13)4-7-22-15/h5,8,10-11,14-15H,2-4,6-7,9H2,1H3/t14-,15-/m0/s1. The van der Waals surface area contributed by atoms with Gasteiger partial charge in [0.25, 0.3) is 0 Å². The summed E-state index contributed by atoms with van der Waals surface area (Å²) in [5, 5.41) is 6.35. The highest BCUT2D eigenvalue weighted by Gasteiger charge is 2.33. The molecule has 0 aromatic carbocycles. The molecule has 6 heteroatoms. The van der Waals surface area contributed by atoms with Gasteiger partial charge in [-0.1, -0.05) is 0 Å². The second kappa shape index (κ2) is 6.09. The SMILES string of the molecule is Cn1cc([C@@H]2CCCN2C(=O)C[C@@H]2OCCc3sccc32)cn1. The number of likely N-dealkylation sites (tertiary alicyclic amines) is 1. The molecular weight excluding hydrogens is 310 g/mol. The normalized spacial score (nSPS) is 24.0. The molecule has 2 atom stereocenters. The van der Waals surface area contributed by atoms with Gasteiger partial charge in [0, 0.05) is 36.7 Å². The van der Waals surface area contributed by atoms with E-state index in [1.54, 1.807) is 16.0 Å². The predicted molar refractivity (Wildman–Crippen MR) is 88.2 cm³/mol. The molecule has 122 valence electrons. The van der Waals surface area contributed by atoms with Gasteiger partial charge >= 0.3 is 0 Å². The minimum atomic E-state index is -0.0763. The first-order valence-corrected chi connectivity index (χ1v) is 9.06. The van der Waals surface area contributed by atoms with Crippen LogP contribution in [0.15, 0.2) is 23.8 Å². The molecular formula is C17H21N3O2S. The number of hydrogen-bond acceptors (Lipinski definition) is 4. The largest absolute Gasteiger partial charge is 0.373 e. The van der Waals surface area contributed by atoms with E-state index in [-0.39, 0.29) is 18.1 Å². The molecule has 2 aromatic heterocycles. The summed E-state index contributed by atoms with van der Waals surface area (Å²) in [6, 6.07) is 2.28. The quantitative estimate of drug-likeness (QED) is 0.869.